The van der Waals surface area contributed by atoms with Crippen LogP contribution in [0.1, 0.15) is 58.8 Å². The van der Waals surface area contributed by atoms with E-state index in [1.807, 2.05) is 7.05 Å². The Hall–Kier alpha value is -0.250. The van der Waals surface area contributed by atoms with E-state index in [2.05, 4.69) is 19.2 Å². The summed E-state index contributed by atoms with van der Waals surface area (Å²) in [5, 5.41) is 3.38. The van der Waals surface area contributed by atoms with Gasteiger partial charge in [0.1, 0.15) is 0 Å². The number of hydrogen-bond acceptors (Lipinski definition) is 1. The van der Waals surface area contributed by atoms with Gasteiger partial charge in [0.25, 0.3) is 0 Å². The molecule has 0 saturated heterocycles. The van der Waals surface area contributed by atoms with Gasteiger partial charge in [0.05, 0.1) is 5.92 Å². The lowest BCUT2D eigenvalue weighted by Gasteiger charge is -2.42. The highest BCUT2D eigenvalue weighted by atomic mass is 19.4. The van der Waals surface area contributed by atoms with Gasteiger partial charge in [0.15, 0.2) is 0 Å². The molecule has 6 unspecified atom stereocenters. The molecule has 0 heterocycles. The van der Waals surface area contributed by atoms with Gasteiger partial charge in [-0.25, -0.2) is 0 Å². The highest BCUT2D eigenvalue weighted by Crippen LogP contribution is 2.44. The van der Waals surface area contributed by atoms with Crippen molar-refractivity contribution in [2.24, 2.45) is 29.6 Å². The summed E-state index contributed by atoms with van der Waals surface area (Å²) >= 11 is 0. The molecule has 0 aromatic rings. The number of nitrogens with one attached hydrogen (secondary N) is 1. The lowest BCUT2D eigenvalue weighted by Crippen LogP contribution is -2.45. The second-order valence-electron chi connectivity index (χ2n) is 7.51. The molecule has 0 radical (unpaired) electrons. The van der Waals surface area contributed by atoms with Gasteiger partial charge in [-0.05, 0) is 62.8 Å². The van der Waals surface area contributed by atoms with E-state index < -0.39 is 12.1 Å². The van der Waals surface area contributed by atoms with Gasteiger partial charge < -0.3 is 5.32 Å². The fourth-order valence-electron chi connectivity index (χ4n) is 4.62. The summed E-state index contributed by atoms with van der Waals surface area (Å²) in [6.07, 6.45) is 1.89. The standard InChI is InChI=1S/C17H30F3N/c1-11-7-8-14(9-12(11)2)16(21-3)13-5-4-6-15(10-13)17(18,19)20/h11-16,21H,4-10H2,1-3H3. The lowest BCUT2D eigenvalue weighted by molar-refractivity contribution is -0.187. The fourth-order valence-corrected chi connectivity index (χ4v) is 4.62. The van der Waals surface area contributed by atoms with Gasteiger partial charge in [-0.1, -0.05) is 26.7 Å². The van der Waals surface area contributed by atoms with E-state index in [-0.39, 0.29) is 12.0 Å². The van der Waals surface area contributed by atoms with E-state index in [0.717, 1.165) is 18.8 Å². The first-order valence-electron chi connectivity index (χ1n) is 8.56. The molecule has 1 nitrogen and oxygen atoms in total. The van der Waals surface area contributed by atoms with E-state index in [1.54, 1.807) is 0 Å². The van der Waals surface area contributed by atoms with Gasteiger partial charge in [-0.3, -0.25) is 0 Å². The van der Waals surface area contributed by atoms with Crippen LogP contribution in [-0.4, -0.2) is 19.3 Å². The van der Waals surface area contributed by atoms with Crippen LogP contribution in [-0.2, 0) is 0 Å². The summed E-state index contributed by atoms with van der Waals surface area (Å²) in [5.41, 5.74) is 0. The predicted molar refractivity (Wildman–Crippen MR) is 80.0 cm³/mol. The molecule has 2 fully saturated rings. The Morgan fingerprint density at radius 1 is 0.905 bits per heavy atom. The predicted octanol–water partition coefficient (Wildman–Crippen LogP) is 5.02. The molecule has 0 bridgehead atoms. The molecule has 0 aromatic carbocycles. The Labute approximate surface area is 127 Å². The minimum atomic E-state index is -4.01. The molecule has 1 N–H and O–H groups in total. The molecule has 2 saturated carbocycles. The van der Waals surface area contributed by atoms with Crippen molar-refractivity contribution in [1.29, 1.82) is 0 Å². The largest absolute Gasteiger partial charge is 0.391 e. The summed E-state index contributed by atoms with van der Waals surface area (Å²) in [5.74, 6) is 1.13. The SMILES string of the molecule is CNC(C1CCC(C)C(C)C1)C1CCCC(C(F)(F)F)C1. The molecule has 0 spiro atoms. The minimum absolute atomic E-state index is 0.195. The van der Waals surface area contributed by atoms with E-state index in [1.165, 1.54) is 19.3 Å². The summed E-state index contributed by atoms with van der Waals surface area (Å²) in [7, 11) is 1.94. The first-order valence-corrected chi connectivity index (χ1v) is 8.56. The monoisotopic (exact) mass is 305 g/mol. The normalized spacial score (nSPS) is 40.0. The summed E-state index contributed by atoms with van der Waals surface area (Å²) in [6, 6.07) is 0.269. The van der Waals surface area contributed by atoms with Crippen molar-refractivity contribution in [2.45, 2.75) is 71.0 Å². The van der Waals surface area contributed by atoms with Crippen LogP contribution < -0.4 is 5.32 Å². The van der Waals surface area contributed by atoms with Gasteiger partial charge in [0.2, 0.25) is 0 Å². The summed E-state index contributed by atoms with van der Waals surface area (Å²) in [6.45, 7) is 4.60. The quantitative estimate of drug-likeness (QED) is 0.772. The van der Waals surface area contributed by atoms with Crippen molar-refractivity contribution >= 4 is 0 Å². The zero-order valence-electron chi connectivity index (χ0n) is 13.5. The molecule has 4 heteroatoms. The Bertz CT molecular complexity index is 328. The topological polar surface area (TPSA) is 12.0 Å². The van der Waals surface area contributed by atoms with Crippen molar-refractivity contribution < 1.29 is 13.2 Å². The molecule has 0 aliphatic heterocycles. The Kier molecular flexibility index (Phi) is 5.61. The Morgan fingerprint density at radius 2 is 1.57 bits per heavy atom. The maximum absolute atomic E-state index is 13.0. The molecule has 124 valence electrons. The van der Waals surface area contributed by atoms with Crippen LogP contribution in [0.2, 0.25) is 0 Å². The molecular formula is C17H30F3N. The second kappa shape index (κ2) is 6.89. The number of hydrogen-bond donors (Lipinski definition) is 1. The van der Waals surface area contributed by atoms with Crippen LogP contribution in [0.25, 0.3) is 0 Å². The average molecular weight is 305 g/mol. The van der Waals surface area contributed by atoms with E-state index in [9.17, 15) is 13.2 Å². The maximum atomic E-state index is 13.0. The van der Waals surface area contributed by atoms with E-state index in [4.69, 9.17) is 0 Å². The van der Waals surface area contributed by atoms with Gasteiger partial charge in [0, 0.05) is 6.04 Å². The molecule has 2 rings (SSSR count). The zero-order valence-corrected chi connectivity index (χ0v) is 13.5. The highest BCUT2D eigenvalue weighted by molar-refractivity contribution is 4.91. The molecule has 0 aromatic heterocycles. The van der Waals surface area contributed by atoms with Crippen LogP contribution in [0, 0.1) is 29.6 Å². The number of rotatable bonds is 3. The maximum Gasteiger partial charge on any atom is 0.391 e. The average Bonchev–Trinajstić information content (AvgIpc) is 2.43. The van der Waals surface area contributed by atoms with Crippen LogP contribution in [0.3, 0.4) is 0 Å². The Morgan fingerprint density at radius 3 is 2.14 bits per heavy atom. The summed E-state index contributed by atoms with van der Waals surface area (Å²) < 4.78 is 39.1. The van der Waals surface area contributed by atoms with Gasteiger partial charge in [-0.2, -0.15) is 13.2 Å². The van der Waals surface area contributed by atoms with Gasteiger partial charge in [-0.15, -0.1) is 0 Å². The van der Waals surface area contributed by atoms with Crippen molar-refractivity contribution in [3.63, 3.8) is 0 Å². The van der Waals surface area contributed by atoms with Crippen LogP contribution in [0.5, 0.6) is 0 Å². The number of alkyl halides is 3. The fraction of sp³-hybridized carbons (Fsp3) is 1.00. The first-order chi connectivity index (χ1) is 9.82. The van der Waals surface area contributed by atoms with Crippen molar-refractivity contribution in [2.75, 3.05) is 7.05 Å². The summed E-state index contributed by atoms with van der Waals surface area (Å²) in [4.78, 5) is 0. The third-order valence-corrected chi connectivity index (χ3v) is 6.17. The van der Waals surface area contributed by atoms with Crippen LogP contribution >= 0.6 is 0 Å². The second-order valence-corrected chi connectivity index (χ2v) is 7.51. The molecule has 2 aliphatic rings. The van der Waals surface area contributed by atoms with E-state index in [0.29, 0.717) is 24.7 Å². The van der Waals surface area contributed by atoms with Crippen molar-refractivity contribution in [3.8, 4) is 0 Å². The molecular weight excluding hydrogens is 275 g/mol. The van der Waals surface area contributed by atoms with Crippen molar-refractivity contribution in [3.05, 3.63) is 0 Å². The first kappa shape index (κ1) is 17.1. The van der Waals surface area contributed by atoms with Gasteiger partial charge >= 0.3 is 6.18 Å². The van der Waals surface area contributed by atoms with Crippen LogP contribution in [0.4, 0.5) is 13.2 Å². The third kappa shape index (κ3) is 4.14. The van der Waals surface area contributed by atoms with Crippen LogP contribution in [0.15, 0.2) is 0 Å². The third-order valence-electron chi connectivity index (χ3n) is 6.17. The minimum Gasteiger partial charge on any atom is -0.316 e. The number of halogens is 3. The lowest BCUT2D eigenvalue weighted by atomic mass is 9.67. The molecule has 2 aliphatic carbocycles. The van der Waals surface area contributed by atoms with E-state index >= 15 is 0 Å². The molecule has 21 heavy (non-hydrogen) atoms. The molecule has 0 amide bonds. The zero-order chi connectivity index (χ0) is 15.6. The highest BCUT2D eigenvalue weighted by Gasteiger charge is 2.44. The van der Waals surface area contributed by atoms with Crippen molar-refractivity contribution in [1.82, 2.24) is 5.32 Å². The molecule has 6 atom stereocenters. The Balaban J connectivity index is 2.00. The smallest absolute Gasteiger partial charge is 0.316 e.